The van der Waals surface area contributed by atoms with Gasteiger partial charge in [-0.2, -0.15) is 0 Å². The third-order valence-corrected chi connectivity index (χ3v) is 8.87. The first kappa shape index (κ1) is 21.7. The molecule has 6 rings (SSSR count). The minimum Gasteiger partial charge on any atom is -0.235 e. The lowest BCUT2D eigenvalue weighted by Crippen LogP contribution is -2.18. The predicted molar refractivity (Wildman–Crippen MR) is 147 cm³/mol. The van der Waals surface area contributed by atoms with Gasteiger partial charge in [-0.15, -0.1) is 11.3 Å². The SMILES string of the molecule is CC(C)(C)c1cc(-c2ncnc3c2sc2c4c(ccc23)C(C)(C)CC4(C)C)cc2ccccc12. The summed E-state index contributed by atoms with van der Waals surface area (Å²) >= 11 is 1.89. The summed E-state index contributed by atoms with van der Waals surface area (Å²) in [5.74, 6) is 0. The van der Waals surface area contributed by atoms with Crippen LogP contribution in [0.1, 0.15) is 71.6 Å². The number of aromatic nitrogens is 2. The number of nitrogens with zero attached hydrogens (tertiary/aromatic N) is 2. The summed E-state index contributed by atoms with van der Waals surface area (Å²) in [6.07, 6.45) is 2.92. The van der Waals surface area contributed by atoms with E-state index in [4.69, 9.17) is 9.97 Å². The van der Waals surface area contributed by atoms with Gasteiger partial charge in [0.2, 0.25) is 0 Å². The first-order valence-electron chi connectivity index (χ1n) is 12.2. The fourth-order valence-corrected chi connectivity index (χ4v) is 7.93. The van der Waals surface area contributed by atoms with Gasteiger partial charge in [0.1, 0.15) is 6.33 Å². The Bertz CT molecular complexity index is 1610. The van der Waals surface area contributed by atoms with Gasteiger partial charge in [0.05, 0.1) is 15.9 Å². The van der Waals surface area contributed by atoms with E-state index >= 15 is 0 Å². The summed E-state index contributed by atoms with van der Waals surface area (Å²) in [7, 11) is 0. The Morgan fingerprint density at radius 1 is 0.824 bits per heavy atom. The number of hydrogen-bond donors (Lipinski definition) is 0. The van der Waals surface area contributed by atoms with E-state index in [1.807, 2.05) is 11.3 Å². The van der Waals surface area contributed by atoms with Crippen molar-refractivity contribution in [2.45, 2.75) is 71.1 Å². The van der Waals surface area contributed by atoms with Crippen molar-refractivity contribution in [1.82, 2.24) is 9.97 Å². The van der Waals surface area contributed by atoms with Crippen LogP contribution >= 0.6 is 11.3 Å². The van der Waals surface area contributed by atoms with Gasteiger partial charge in [0, 0.05) is 15.6 Å². The molecule has 1 aliphatic rings. The summed E-state index contributed by atoms with van der Waals surface area (Å²) in [4.78, 5) is 9.66. The van der Waals surface area contributed by atoms with E-state index in [2.05, 4.69) is 97.0 Å². The van der Waals surface area contributed by atoms with Gasteiger partial charge in [-0.05, 0) is 62.3 Å². The van der Waals surface area contributed by atoms with Crippen LogP contribution in [0.15, 0.2) is 54.9 Å². The molecule has 2 aromatic heterocycles. The van der Waals surface area contributed by atoms with Crippen molar-refractivity contribution in [1.29, 1.82) is 0 Å². The van der Waals surface area contributed by atoms with Crippen LogP contribution in [0.5, 0.6) is 0 Å². The van der Waals surface area contributed by atoms with Crippen LogP contribution in [0, 0.1) is 0 Å². The molecule has 2 heterocycles. The highest BCUT2D eigenvalue weighted by Gasteiger charge is 2.43. The molecule has 0 amide bonds. The van der Waals surface area contributed by atoms with Crippen LogP contribution in [0.25, 0.3) is 42.3 Å². The van der Waals surface area contributed by atoms with E-state index in [9.17, 15) is 0 Å². The first-order chi connectivity index (χ1) is 16.0. The second-order valence-corrected chi connectivity index (χ2v) is 13.3. The van der Waals surface area contributed by atoms with E-state index in [0.29, 0.717) is 0 Å². The van der Waals surface area contributed by atoms with Crippen LogP contribution in [0.3, 0.4) is 0 Å². The van der Waals surface area contributed by atoms with Crippen molar-refractivity contribution < 1.29 is 0 Å². The zero-order chi connectivity index (χ0) is 24.0. The van der Waals surface area contributed by atoms with Crippen LogP contribution in [0.2, 0.25) is 0 Å². The van der Waals surface area contributed by atoms with Gasteiger partial charge in [0.15, 0.2) is 0 Å². The topological polar surface area (TPSA) is 25.8 Å². The maximum Gasteiger partial charge on any atom is 0.116 e. The quantitative estimate of drug-likeness (QED) is 0.247. The highest BCUT2D eigenvalue weighted by molar-refractivity contribution is 7.26. The zero-order valence-electron chi connectivity index (χ0n) is 21.2. The standard InChI is InChI=1S/C31H32N2S/c1-29(2,3)23-15-19(14-18-10-8-9-11-20(18)23)25-28-26(33-17-32-25)21-12-13-22-24(27(21)34-28)31(6,7)16-30(22,4)5/h8-15,17H,16H2,1-7H3. The molecule has 0 fully saturated rings. The van der Waals surface area contributed by atoms with E-state index in [-0.39, 0.29) is 16.2 Å². The summed E-state index contributed by atoms with van der Waals surface area (Å²) in [6, 6.07) is 18.0. The molecule has 0 saturated heterocycles. The number of fused-ring (bicyclic) bond motifs is 6. The third kappa shape index (κ3) is 3.06. The largest absolute Gasteiger partial charge is 0.235 e. The maximum absolute atomic E-state index is 4.86. The van der Waals surface area contributed by atoms with Crippen molar-refractivity contribution in [3.05, 3.63) is 71.5 Å². The summed E-state index contributed by atoms with van der Waals surface area (Å²) in [6.45, 7) is 16.4. The van der Waals surface area contributed by atoms with Crippen LogP contribution in [-0.4, -0.2) is 9.97 Å². The molecular formula is C31H32N2S. The fourth-order valence-electron chi connectivity index (χ4n) is 6.44. The van der Waals surface area contributed by atoms with Gasteiger partial charge in [-0.1, -0.05) is 84.9 Å². The van der Waals surface area contributed by atoms with Gasteiger partial charge < -0.3 is 0 Å². The monoisotopic (exact) mass is 464 g/mol. The molecule has 0 N–H and O–H groups in total. The number of thiophene rings is 1. The molecule has 2 nitrogen and oxygen atoms in total. The Hall–Kier alpha value is -2.78. The lowest BCUT2D eigenvalue weighted by atomic mass is 9.82. The third-order valence-electron chi connectivity index (χ3n) is 7.65. The maximum atomic E-state index is 4.86. The van der Waals surface area contributed by atoms with Crippen molar-refractivity contribution in [3.63, 3.8) is 0 Å². The molecule has 0 radical (unpaired) electrons. The molecule has 0 unspecified atom stereocenters. The lowest BCUT2D eigenvalue weighted by molar-refractivity contribution is 0.404. The molecular weight excluding hydrogens is 432 g/mol. The van der Waals surface area contributed by atoms with E-state index in [1.165, 1.54) is 54.2 Å². The Kier molecular flexibility index (Phi) is 4.40. The Labute approximate surface area is 206 Å². The van der Waals surface area contributed by atoms with E-state index in [1.54, 1.807) is 6.33 Å². The van der Waals surface area contributed by atoms with Crippen molar-refractivity contribution in [3.8, 4) is 11.3 Å². The molecule has 0 saturated carbocycles. The van der Waals surface area contributed by atoms with Gasteiger partial charge >= 0.3 is 0 Å². The number of rotatable bonds is 1. The molecule has 1 aliphatic carbocycles. The average molecular weight is 465 g/mol. The Morgan fingerprint density at radius 2 is 1.59 bits per heavy atom. The summed E-state index contributed by atoms with van der Waals surface area (Å²) < 4.78 is 2.59. The minimum atomic E-state index is 0.0400. The fraction of sp³-hybridized carbons (Fsp3) is 0.355. The molecule has 3 heteroatoms. The zero-order valence-corrected chi connectivity index (χ0v) is 22.0. The van der Waals surface area contributed by atoms with Gasteiger partial charge in [-0.25, -0.2) is 9.97 Å². The smallest absolute Gasteiger partial charge is 0.116 e. The predicted octanol–water partition coefficient (Wildman–Crippen LogP) is 8.92. The lowest BCUT2D eigenvalue weighted by Gasteiger charge is -2.22. The summed E-state index contributed by atoms with van der Waals surface area (Å²) in [5, 5.41) is 3.86. The van der Waals surface area contributed by atoms with E-state index < -0.39 is 0 Å². The number of benzene rings is 3. The Balaban J connectivity index is 1.68. The van der Waals surface area contributed by atoms with Crippen LogP contribution < -0.4 is 0 Å². The molecule has 5 aromatic rings. The molecule has 34 heavy (non-hydrogen) atoms. The Morgan fingerprint density at radius 3 is 2.35 bits per heavy atom. The molecule has 172 valence electrons. The van der Waals surface area contributed by atoms with E-state index in [0.717, 1.165) is 11.2 Å². The summed E-state index contributed by atoms with van der Waals surface area (Å²) in [5.41, 5.74) is 8.05. The van der Waals surface area contributed by atoms with Crippen molar-refractivity contribution >= 4 is 42.4 Å². The normalized spacial score (nSPS) is 17.0. The van der Waals surface area contributed by atoms with Gasteiger partial charge in [0.25, 0.3) is 0 Å². The number of hydrogen-bond acceptors (Lipinski definition) is 3. The van der Waals surface area contributed by atoms with Crippen molar-refractivity contribution in [2.24, 2.45) is 0 Å². The van der Waals surface area contributed by atoms with Crippen LogP contribution in [-0.2, 0) is 16.2 Å². The van der Waals surface area contributed by atoms with Crippen molar-refractivity contribution in [2.75, 3.05) is 0 Å². The minimum absolute atomic E-state index is 0.0400. The first-order valence-corrected chi connectivity index (χ1v) is 13.0. The highest BCUT2D eigenvalue weighted by atomic mass is 32.1. The molecule has 0 aliphatic heterocycles. The molecule has 0 bridgehead atoms. The average Bonchev–Trinajstić information content (AvgIpc) is 3.23. The second-order valence-electron chi connectivity index (χ2n) is 12.3. The second kappa shape index (κ2) is 6.88. The molecule has 0 spiro atoms. The van der Waals surface area contributed by atoms with Gasteiger partial charge in [-0.3, -0.25) is 0 Å². The highest BCUT2D eigenvalue weighted by Crippen LogP contribution is 2.54. The van der Waals surface area contributed by atoms with Crippen LogP contribution in [0.4, 0.5) is 0 Å². The molecule has 0 atom stereocenters. The molecule has 3 aromatic carbocycles.